The van der Waals surface area contributed by atoms with Gasteiger partial charge in [0, 0.05) is 44.6 Å². The molecule has 2 N–H and O–H groups in total. The van der Waals surface area contributed by atoms with E-state index in [2.05, 4.69) is 38.9 Å². The lowest BCUT2D eigenvalue weighted by Crippen LogP contribution is -2.49. The van der Waals surface area contributed by atoms with Gasteiger partial charge in [0.1, 0.15) is 0 Å². The van der Waals surface area contributed by atoms with Crippen LogP contribution >= 0.6 is 24.0 Å². The lowest BCUT2D eigenvalue weighted by atomic mass is 9.93. The topological polar surface area (TPSA) is 74.6 Å². The summed E-state index contributed by atoms with van der Waals surface area (Å²) in [5, 5.41) is 6.09. The van der Waals surface area contributed by atoms with Crippen LogP contribution in [0.4, 0.5) is 0 Å². The van der Waals surface area contributed by atoms with Gasteiger partial charge < -0.3 is 20.1 Å². The molecule has 2 heterocycles. The first-order valence-electron chi connectivity index (χ1n) is 9.94. The Kier molecular flexibility index (Phi) is 8.94. The predicted octanol–water partition coefficient (Wildman–Crippen LogP) is 2.91. The lowest BCUT2D eigenvalue weighted by molar-refractivity contribution is 0.0963. The molecule has 0 aliphatic carbocycles. The summed E-state index contributed by atoms with van der Waals surface area (Å²) in [6, 6.07) is 8.01. The highest BCUT2D eigenvalue weighted by atomic mass is 127. The van der Waals surface area contributed by atoms with Crippen molar-refractivity contribution in [3.8, 4) is 0 Å². The van der Waals surface area contributed by atoms with Crippen molar-refractivity contribution in [3.63, 3.8) is 0 Å². The molecule has 1 saturated heterocycles. The van der Waals surface area contributed by atoms with E-state index in [1.165, 1.54) is 0 Å². The Bertz CT molecular complexity index is 807. The van der Waals surface area contributed by atoms with Crippen LogP contribution in [0.3, 0.4) is 0 Å². The predicted molar refractivity (Wildman–Crippen MR) is 127 cm³/mol. The van der Waals surface area contributed by atoms with Crippen LogP contribution in [0.15, 0.2) is 48.0 Å². The van der Waals surface area contributed by atoms with Crippen LogP contribution in [0.1, 0.15) is 42.2 Å². The van der Waals surface area contributed by atoms with Gasteiger partial charge in [0.2, 0.25) is 0 Å². The number of halogens is 1. The molecule has 0 radical (unpaired) electrons. The Balaban J connectivity index is 0.00000300. The molecule has 158 valence electrons. The first kappa shape index (κ1) is 23.2. The number of carbonyl (C=O) groups excluding carboxylic acids is 1. The SMILES string of the molecule is CCNC(=NCc1cccc(C(=O)NC)c1)N1CCC(C)C(n2ccnc2)C1.I. The molecular weight excluding hydrogens is 479 g/mol. The van der Waals surface area contributed by atoms with Crippen molar-refractivity contribution >= 4 is 35.8 Å². The van der Waals surface area contributed by atoms with E-state index in [-0.39, 0.29) is 29.9 Å². The van der Waals surface area contributed by atoms with Gasteiger partial charge in [-0.3, -0.25) is 4.79 Å². The number of benzene rings is 1. The number of imidazole rings is 1. The molecule has 1 aromatic carbocycles. The van der Waals surface area contributed by atoms with Crippen molar-refractivity contribution in [1.82, 2.24) is 25.1 Å². The minimum absolute atomic E-state index is 0. The molecule has 1 amide bonds. The minimum Gasteiger partial charge on any atom is -0.357 e. The average molecular weight is 510 g/mol. The average Bonchev–Trinajstić information content (AvgIpc) is 3.26. The molecule has 29 heavy (non-hydrogen) atoms. The van der Waals surface area contributed by atoms with Crippen LogP contribution in [0.2, 0.25) is 0 Å². The van der Waals surface area contributed by atoms with Gasteiger partial charge >= 0.3 is 0 Å². The van der Waals surface area contributed by atoms with Gasteiger partial charge in [-0.25, -0.2) is 9.98 Å². The Morgan fingerprint density at radius 1 is 1.38 bits per heavy atom. The van der Waals surface area contributed by atoms with E-state index in [9.17, 15) is 4.79 Å². The number of piperidine rings is 1. The number of carbonyl (C=O) groups is 1. The monoisotopic (exact) mass is 510 g/mol. The van der Waals surface area contributed by atoms with Gasteiger partial charge in [-0.1, -0.05) is 19.1 Å². The first-order valence-corrected chi connectivity index (χ1v) is 9.94. The molecule has 0 bridgehead atoms. The number of rotatable bonds is 5. The number of guanidine groups is 1. The first-order chi connectivity index (χ1) is 13.6. The number of likely N-dealkylation sites (tertiary alicyclic amines) is 1. The fourth-order valence-electron chi connectivity index (χ4n) is 3.64. The van der Waals surface area contributed by atoms with E-state index >= 15 is 0 Å². The van der Waals surface area contributed by atoms with Gasteiger partial charge in [-0.2, -0.15) is 0 Å². The molecule has 1 aliphatic heterocycles. The number of hydrogen-bond donors (Lipinski definition) is 2. The summed E-state index contributed by atoms with van der Waals surface area (Å²) in [6.07, 6.45) is 6.89. The summed E-state index contributed by atoms with van der Waals surface area (Å²) in [6.45, 7) is 7.63. The van der Waals surface area contributed by atoms with Crippen LogP contribution in [0, 0.1) is 5.92 Å². The number of hydrogen-bond acceptors (Lipinski definition) is 3. The molecule has 1 aliphatic rings. The van der Waals surface area contributed by atoms with Gasteiger partial charge in [0.25, 0.3) is 5.91 Å². The maximum absolute atomic E-state index is 11.9. The largest absolute Gasteiger partial charge is 0.357 e. The second kappa shape index (κ2) is 11.2. The van der Waals surface area contributed by atoms with E-state index in [0.717, 1.165) is 37.6 Å². The van der Waals surface area contributed by atoms with Crippen molar-refractivity contribution in [1.29, 1.82) is 0 Å². The van der Waals surface area contributed by atoms with Crippen LogP contribution in [-0.4, -0.2) is 53.0 Å². The maximum atomic E-state index is 11.9. The van der Waals surface area contributed by atoms with Crippen molar-refractivity contribution in [3.05, 3.63) is 54.1 Å². The lowest BCUT2D eigenvalue weighted by Gasteiger charge is -2.39. The van der Waals surface area contributed by atoms with Crippen LogP contribution in [-0.2, 0) is 6.54 Å². The second-order valence-electron chi connectivity index (χ2n) is 7.24. The number of nitrogens with zero attached hydrogens (tertiary/aromatic N) is 4. The number of aromatic nitrogens is 2. The summed E-state index contributed by atoms with van der Waals surface area (Å²) in [7, 11) is 1.64. The van der Waals surface area contributed by atoms with Crippen molar-refractivity contribution in [2.75, 3.05) is 26.7 Å². The van der Waals surface area contributed by atoms with Crippen molar-refractivity contribution < 1.29 is 4.79 Å². The van der Waals surface area contributed by atoms with E-state index < -0.39 is 0 Å². The van der Waals surface area contributed by atoms with Crippen LogP contribution in [0.5, 0.6) is 0 Å². The van der Waals surface area contributed by atoms with E-state index in [1.807, 2.05) is 43.0 Å². The fraction of sp³-hybridized carbons (Fsp3) is 0.476. The molecule has 8 heteroatoms. The molecule has 2 aromatic rings. The highest BCUT2D eigenvalue weighted by Gasteiger charge is 2.28. The standard InChI is InChI=1S/C21H30N6O.HI/c1-4-24-21(25-13-17-6-5-7-18(12-17)20(28)22-3)26-10-8-16(2)19(14-26)27-11-9-23-15-27;/h5-7,9,11-12,15-16,19H,4,8,10,13-14H2,1-3H3,(H,22,28)(H,24,25);1H. The Labute approximate surface area is 190 Å². The third-order valence-electron chi connectivity index (χ3n) is 5.29. The molecule has 7 nitrogen and oxygen atoms in total. The van der Waals surface area contributed by atoms with Crippen molar-refractivity contribution in [2.45, 2.75) is 32.9 Å². The van der Waals surface area contributed by atoms with E-state index in [0.29, 0.717) is 24.1 Å². The zero-order valence-electron chi connectivity index (χ0n) is 17.3. The highest BCUT2D eigenvalue weighted by Crippen LogP contribution is 2.27. The Morgan fingerprint density at radius 3 is 2.90 bits per heavy atom. The molecule has 2 atom stereocenters. The third-order valence-corrected chi connectivity index (χ3v) is 5.29. The van der Waals surface area contributed by atoms with E-state index in [4.69, 9.17) is 4.99 Å². The molecule has 3 rings (SSSR count). The summed E-state index contributed by atoms with van der Waals surface area (Å²) in [4.78, 5) is 23.2. The molecule has 0 saturated carbocycles. The molecule has 1 aromatic heterocycles. The zero-order valence-corrected chi connectivity index (χ0v) is 19.7. The smallest absolute Gasteiger partial charge is 0.251 e. The molecule has 2 unspecified atom stereocenters. The van der Waals surface area contributed by atoms with Crippen LogP contribution < -0.4 is 10.6 Å². The van der Waals surface area contributed by atoms with Crippen LogP contribution in [0.25, 0.3) is 0 Å². The fourth-order valence-corrected chi connectivity index (χ4v) is 3.64. The number of aliphatic imine (C=N–C) groups is 1. The van der Waals surface area contributed by atoms with Gasteiger partial charge in [-0.05, 0) is 37.0 Å². The molecule has 0 spiro atoms. The summed E-state index contributed by atoms with van der Waals surface area (Å²) >= 11 is 0. The van der Waals surface area contributed by atoms with Gasteiger partial charge in [0.05, 0.1) is 18.9 Å². The normalized spacial score (nSPS) is 19.4. The van der Waals surface area contributed by atoms with E-state index in [1.54, 1.807) is 7.05 Å². The molecule has 1 fully saturated rings. The number of amides is 1. The van der Waals surface area contributed by atoms with Crippen molar-refractivity contribution in [2.24, 2.45) is 10.9 Å². The summed E-state index contributed by atoms with van der Waals surface area (Å²) in [5.41, 5.74) is 1.68. The minimum atomic E-state index is -0.0778. The molecular formula is C21H31IN6O. The van der Waals surface area contributed by atoms with Gasteiger partial charge in [-0.15, -0.1) is 24.0 Å². The summed E-state index contributed by atoms with van der Waals surface area (Å²) in [5.74, 6) is 1.44. The highest BCUT2D eigenvalue weighted by molar-refractivity contribution is 14.0. The Hall–Kier alpha value is -2.10. The maximum Gasteiger partial charge on any atom is 0.251 e. The number of nitrogens with one attached hydrogen (secondary N) is 2. The third kappa shape index (κ3) is 5.94. The second-order valence-corrected chi connectivity index (χ2v) is 7.24. The quantitative estimate of drug-likeness (QED) is 0.369. The zero-order chi connectivity index (χ0) is 19.9. The van der Waals surface area contributed by atoms with Gasteiger partial charge in [0.15, 0.2) is 5.96 Å². The summed E-state index contributed by atoms with van der Waals surface area (Å²) < 4.78 is 2.20. The Morgan fingerprint density at radius 2 is 2.21 bits per heavy atom.